The molecule has 0 radical (unpaired) electrons. The van der Waals surface area contributed by atoms with Crippen molar-refractivity contribution in [3.63, 3.8) is 0 Å². The van der Waals surface area contributed by atoms with E-state index in [1.807, 2.05) is 0 Å². The van der Waals surface area contributed by atoms with Gasteiger partial charge in [0, 0.05) is 18.9 Å². The standard InChI is InChI=1S/C19H23FN2O2/c1-13-6-2-5-9-16(13)22-18(23)10-11-19-21-12-17(24-19)14-7-3-4-8-15(14)20/h3-4,7-8,12-13,16H,2,5-6,9-11H2,1H3,(H,22,23). The molecular weight excluding hydrogens is 307 g/mol. The van der Waals surface area contributed by atoms with Gasteiger partial charge in [-0.2, -0.15) is 0 Å². The van der Waals surface area contributed by atoms with Crippen LogP contribution in [-0.4, -0.2) is 16.9 Å². The second-order valence-electron chi connectivity index (χ2n) is 6.53. The molecule has 2 aromatic rings. The summed E-state index contributed by atoms with van der Waals surface area (Å²) in [7, 11) is 0. The molecule has 128 valence electrons. The van der Waals surface area contributed by atoms with E-state index in [0.29, 0.717) is 36.0 Å². The van der Waals surface area contributed by atoms with Gasteiger partial charge in [-0.25, -0.2) is 9.37 Å². The molecule has 0 spiro atoms. The smallest absolute Gasteiger partial charge is 0.220 e. The summed E-state index contributed by atoms with van der Waals surface area (Å²) >= 11 is 0. The molecule has 0 aliphatic heterocycles. The highest BCUT2D eigenvalue weighted by Gasteiger charge is 2.22. The molecule has 3 rings (SSSR count). The monoisotopic (exact) mass is 330 g/mol. The first-order chi connectivity index (χ1) is 11.6. The number of benzene rings is 1. The van der Waals surface area contributed by atoms with E-state index in [-0.39, 0.29) is 17.8 Å². The quantitative estimate of drug-likeness (QED) is 0.897. The van der Waals surface area contributed by atoms with E-state index in [2.05, 4.69) is 17.2 Å². The van der Waals surface area contributed by atoms with Crippen molar-refractivity contribution in [2.45, 2.75) is 51.5 Å². The third-order valence-corrected chi connectivity index (χ3v) is 4.72. The number of aromatic nitrogens is 1. The van der Waals surface area contributed by atoms with E-state index >= 15 is 0 Å². The predicted molar refractivity (Wildman–Crippen MR) is 89.8 cm³/mol. The van der Waals surface area contributed by atoms with Crippen molar-refractivity contribution in [1.82, 2.24) is 10.3 Å². The molecule has 2 unspecified atom stereocenters. The highest BCUT2D eigenvalue weighted by Crippen LogP contribution is 2.25. The Morgan fingerprint density at radius 3 is 2.92 bits per heavy atom. The molecule has 1 aliphatic carbocycles. The third kappa shape index (κ3) is 4.02. The van der Waals surface area contributed by atoms with Gasteiger partial charge in [0.1, 0.15) is 5.82 Å². The average molecular weight is 330 g/mol. The van der Waals surface area contributed by atoms with Crippen LogP contribution < -0.4 is 5.32 Å². The molecule has 1 aliphatic rings. The summed E-state index contributed by atoms with van der Waals surface area (Å²) in [6.07, 6.45) is 6.93. The van der Waals surface area contributed by atoms with Crippen molar-refractivity contribution >= 4 is 5.91 Å². The average Bonchev–Trinajstić information content (AvgIpc) is 3.04. The van der Waals surface area contributed by atoms with Crippen molar-refractivity contribution in [1.29, 1.82) is 0 Å². The number of nitrogens with one attached hydrogen (secondary N) is 1. The molecule has 0 bridgehead atoms. The predicted octanol–water partition coefficient (Wildman–Crippen LogP) is 4.11. The summed E-state index contributed by atoms with van der Waals surface area (Å²) in [6.45, 7) is 2.19. The molecule has 0 saturated heterocycles. The van der Waals surface area contributed by atoms with E-state index in [9.17, 15) is 9.18 Å². The Kier molecular flexibility index (Phi) is 5.28. The number of rotatable bonds is 5. The van der Waals surface area contributed by atoms with Gasteiger partial charge in [-0.15, -0.1) is 0 Å². The number of carbonyl (C=O) groups excluding carboxylic acids is 1. The summed E-state index contributed by atoms with van der Waals surface area (Å²) in [5.74, 6) is 1.07. The number of nitrogens with zero attached hydrogens (tertiary/aromatic N) is 1. The summed E-state index contributed by atoms with van der Waals surface area (Å²) in [4.78, 5) is 16.3. The summed E-state index contributed by atoms with van der Waals surface area (Å²) in [5.41, 5.74) is 0.386. The molecule has 1 fully saturated rings. The number of oxazole rings is 1. The second kappa shape index (κ2) is 7.60. The molecule has 1 heterocycles. The number of carbonyl (C=O) groups is 1. The molecule has 1 N–H and O–H groups in total. The molecule has 1 amide bonds. The fourth-order valence-corrected chi connectivity index (χ4v) is 3.24. The summed E-state index contributed by atoms with van der Waals surface area (Å²) in [5, 5.41) is 3.12. The molecule has 1 saturated carbocycles. The minimum absolute atomic E-state index is 0.0272. The number of halogens is 1. The van der Waals surface area contributed by atoms with Gasteiger partial charge in [0.15, 0.2) is 11.7 Å². The maximum atomic E-state index is 13.7. The Morgan fingerprint density at radius 2 is 2.12 bits per heavy atom. The molecule has 1 aromatic heterocycles. The zero-order valence-corrected chi connectivity index (χ0v) is 13.9. The lowest BCUT2D eigenvalue weighted by Gasteiger charge is -2.29. The lowest BCUT2D eigenvalue weighted by molar-refractivity contribution is -0.122. The lowest BCUT2D eigenvalue weighted by Crippen LogP contribution is -2.41. The Labute approximate surface area is 141 Å². The van der Waals surface area contributed by atoms with Crippen LogP contribution in [0.2, 0.25) is 0 Å². The Balaban J connectivity index is 1.54. The minimum Gasteiger partial charge on any atom is -0.441 e. The van der Waals surface area contributed by atoms with E-state index in [1.165, 1.54) is 31.5 Å². The maximum Gasteiger partial charge on any atom is 0.220 e. The fraction of sp³-hybridized carbons (Fsp3) is 0.474. The zero-order chi connectivity index (χ0) is 16.9. The Hall–Kier alpha value is -2.17. The largest absolute Gasteiger partial charge is 0.441 e. The third-order valence-electron chi connectivity index (χ3n) is 4.72. The van der Waals surface area contributed by atoms with Gasteiger partial charge < -0.3 is 9.73 Å². The molecule has 1 aromatic carbocycles. The molecule has 24 heavy (non-hydrogen) atoms. The highest BCUT2D eigenvalue weighted by molar-refractivity contribution is 5.76. The zero-order valence-electron chi connectivity index (χ0n) is 13.9. The normalized spacial score (nSPS) is 20.8. The van der Waals surface area contributed by atoms with E-state index in [1.54, 1.807) is 18.2 Å². The molecule has 4 nitrogen and oxygen atoms in total. The SMILES string of the molecule is CC1CCCCC1NC(=O)CCc1ncc(-c2ccccc2F)o1. The topological polar surface area (TPSA) is 55.1 Å². The highest BCUT2D eigenvalue weighted by atomic mass is 19.1. The molecule has 5 heteroatoms. The van der Waals surface area contributed by atoms with Crippen molar-refractivity contribution in [3.05, 3.63) is 42.2 Å². The fourth-order valence-electron chi connectivity index (χ4n) is 3.24. The van der Waals surface area contributed by atoms with Gasteiger partial charge in [-0.3, -0.25) is 4.79 Å². The van der Waals surface area contributed by atoms with Crippen LogP contribution in [0.4, 0.5) is 4.39 Å². The van der Waals surface area contributed by atoms with Crippen LogP contribution in [0.1, 0.15) is 44.9 Å². The van der Waals surface area contributed by atoms with Crippen LogP contribution in [0, 0.1) is 11.7 Å². The van der Waals surface area contributed by atoms with Crippen LogP contribution in [0.15, 0.2) is 34.9 Å². The first kappa shape index (κ1) is 16.7. The van der Waals surface area contributed by atoms with E-state index in [0.717, 1.165) is 6.42 Å². The number of hydrogen-bond donors (Lipinski definition) is 1. The Morgan fingerprint density at radius 1 is 1.33 bits per heavy atom. The molecular formula is C19H23FN2O2. The van der Waals surface area contributed by atoms with Crippen molar-refractivity contribution in [2.24, 2.45) is 5.92 Å². The van der Waals surface area contributed by atoms with E-state index < -0.39 is 0 Å². The maximum absolute atomic E-state index is 13.7. The van der Waals surface area contributed by atoms with Crippen molar-refractivity contribution in [3.8, 4) is 11.3 Å². The lowest BCUT2D eigenvalue weighted by atomic mass is 9.86. The van der Waals surface area contributed by atoms with Gasteiger partial charge in [0.25, 0.3) is 0 Å². The first-order valence-electron chi connectivity index (χ1n) is 8.62. The number of aryl methyl sites for hydroxylation is 1. The van der Waals surface area contributed by atoms with Crippen LogP contribution >= 0.6 is 0 Å². The van der Waals surface area contributed by atoms with Gasteiger partial charge in [-0.05, 0) is 30.9 Å². The Bertz CT molecular complexity index is 698. The number of hydrogen-bond acceptors (Lipinski definition) is 3. The molecule has 2 atom stereocenters. The van der Waals surface area contributed by atoms with Crippen LogP contribution in [-0.2, 0) is 11.2 Å². The number of amides is 1. The van der Waals surface area contributed by atoms with Crippen LogP contribution in [0.25, 0.3) is 11.3 Å². The first-order valence-corrected chi connectivity index (χ1v) is 8.62. The second-order valence-corrected chi connectivity index (χ2v) is 6.53. The summed E-state index contributed by atoms with van der Waals surface area (Å²) < 4.78 is 19.3. The van der Waals surface area contributed by atoms with Gasteiger partial charge >= 0.3 is 0 Å². The van der Waals surface area contributed by atoms with Crippen LogP contribution in [0.5, 0.6) is 0 Å². The minimum atomic E-state index is -0.343. The summed E-state index contributed by atoms with van der Waals surface area (Å²) in [6, 6.07) is 6.70. The van der Waals surface area contributed by atoms with Crippen molar-refractivity contribution < 1.29 is 13.6 Å². The van der Waals surface area contributed by atoms with Crippen LogP contribution in [0.3, 0.4) is 0 Å². The van der Waals surface area contributed by atoms with Gasteiger partial charge in [0.05, 0.1) is 11.8 Å². The van der Waals surface area contributed by atoms with Gasteiger partial charge in [0.2, 0.25) is 5.91 Å². The van der Waals surface area contributed by atoms with E-state index in [4.69, 9.17) is 4.42 Å². The van der Waals surface area contributed by atoms with Gasteiger partial charge in [-0.1, -0.05) is 31.9 Å². The van der Waals surface area contributed by atoms with Crippen molar-refractivity contribution in [2.75, 3.05) is 0 Å².